The summed E-state index contributed by atoms with van der Waals surface area (Å²) in [7, 11) is 0. The van der Waals surface area contributed by atoms with Crippen molar-refractivity contribution < 1.29 is 6.85 Å². The van der Waals surface area contributed by atoms with E-state index in [1.165, 1.54) is 11.3 Å². The SMILES string of the molecule is [2H]c1c([2H])c([2H])c(-c2cc(-c3ccccc3)cc3c2sc2cccc(-c4nc(-c5ccccc5)nc(-c5ccc6c7ccccc7n(-c7ccccc7)c6c5)n4)c23)c([2H])c1[2H]. The van der Waals surface area contributed by atoms with E-state index >= 15 is 0 Å². The van der Waals surface area contributed by atoms with Crippen LogP contribution >= 0.6 is 11.3 Å². The molecule has 5 heteroatoms. The molecule has 11 aromatic rings. The standard InChI is InChI=1S/C51H32N4S/c1-5-16-33(17-6-1)37-30-42(34-18-7-2-8-19-34)48-43(31-37)47-41(25-15-27-46(47)56-48)51-53-49(35-20-9-3-10-21-35)52-50(54-51)36-28-29-40-39-24-13-14-26-44(39)55(45(40)32-36)38-22-11-4-12-23-38/h1-32H/i2D,7D,8D,18D,19D. The first-order valence-corrected chi connectivity index (χ1v) is 19.2. The molecule has 0 spiro atoms. The van der Waals surface area contributed by atoms with Crippen LogP contribution in [0.5, 0.6) is 0 Å². The molecule has 56 heavy (non-hydrogen) atoms. The molecule has 0 radical (unpaired) electrons. The van der Waals surface area contributed by atoms with Gasteiger partial charge in [0.2, 0.25) is 0 Å². The Labute approximate surface area is 334 Å². The molecule has 0 aliphatic rings. The monoisotopic (exact) mass is 737 g/mol. The van der Waals surface area contributed by atoms with Gasteiger partial charge in [0.05, 0.1) is 17.9 Å². The van der Waals surface area contributed by atoms with Gasteiger partial charge < -0.3 is 4.57 Å². The molecule has 0 bridgehead atoms. The second-order valence-corrected chi connectivity index (χ2v) is 14.7. The molecule has 0 saturated heterocycles. The van der Waals surface area contributed by atoms with Crippen molar-refractivity contribution >= 4 is 53.3 Å². The molecular weight excluding hydrogens is 701 g/mol. The van der Waals surface area contributed by atoms with Crippen molar-refractivity contribution in [3.8, 4) is 62.1 Å². The predicted octanol–water partition coefficient (Wildman–Crippen LogP) is 13.7. The maximum Gasteiger partial charge on any atom is 0.164 e. The van der Waals surface area contributed by atoms with E-state index in [9.17, 15) is 0 Å². The summed E-state index contributed by atoms with van der Waals surface area (Å²) in [6.45, 7) is 0. The maximum absolute atomic E-state index is 8.99. The summed E-state index contributed by atoms with van der Waals surface area (Å²) in [5.41, 5.74) is 8.21. The van der Waals surface area contributed by atoms with Gasteiger partial charge in [-0.05, 0) is 59.2 Å². The van der Waals surface area contributed by atoms with Crippen LogP contribution in [0.25, 0.3) is 104 Å². The molecule has 0 unspecified atom stereocenters. The first-order chi connectivity index (χ1) is 29.8. The van der Waals surface area contributed by atoms with Crippen molar-refractivity contribution in [3.05, 3.63) is 194 Å². The van der Waals surface area contributed by atoms with Gasteiger partial charge in [0.15, 0.2) is 17.5 Å². The number of para-hydroxylation sites is 2. The molecular formula is C51H32N4S. The van der Waals surface area contributed by atoms with E-state index in [1.807, 2.05) is 91.0 Å². The largest absolute Gasteiger partial charge is 0.309 e. The zero-order chi connectivity index (χ0) is 41.4. The van der Waals surface area contributed by atoms with E-state index in [0.29, 0.717) is 23.0 Å². The van der Waals surface area contributed by atoms with E-state index in [2.05, 4.69) is 77.4 Å². The van der Waals surface area contributed by atoms with Gasteiger partial charge in [-0.3, -0.25) is 0 Å². The number of fused-ring (bicyclic) bond motifs is 6. The quantitative estimate of drug-likeness (QED) is 0.171. The maximum atomic E-state index is 8.99. The minimum atomic E-state index is -0.423. The van der Waals surface area contributed by atoms with Crippen LogP contribution in [0.15, 0.2) is 194 Å². The fraction of sp³-hybridized carbons (Fsp3) is 0. The van der Waals surface area contributed by atoms with Gasteiger partial charge in [-0.15, -0.1) is 11.3 Å². The predicted molar refractivity (Wildman–Crippen MR) is 234 cm³/mol. The van der Waals surface area contributed by atoms with Gasteiger partial charge in [-0.25, -0.2) is 15.0 Å². The highest BCUT2D eigenvalue weighted by atomic mass is 32.1. The number of aromatic nitrogens is 4. The van der Waals surface area contributed by atoms with Crippen LogP contribution < -0.4 is 0 Å². The lowest BCUT2D eigenvalue weighted by Gasteiger charge is -2.12. The number of benzene rings is 8. The van der Waals surface area contributed by atoms with E-state index in [4.69, 9.17) is 21.8 Å². The van der Waals surface area contributed by atoms with Gasteiger partial charge >= 0.3 is 0 Å². The van der Waals surface area contributed by atoms with Crippen molar-refractivity contribution in [3.63, 3.8) is 0 Å². The summed E-state index contributed by atoms with van der Waals surface area (Å²) in [5.74, 6) is 1.55. The second-order valence-electron chi connectivity index (χ2n) is 13.6. The molecule has 0 saturated carbocycles. The Hall–Kier alpha value is -7.21. The third-order valence-electron chi connectivity index (χ3n) is 10.3. The van der Waals surface area contributed by atoms with Gasteiger partial charge in [-0.2, -0.15) is 0 Å². The Morgan fingerprint density at radius 2 is 1.09 bits per heavy atom. The van der Waals surface area contributed by atoms with Gasteiger partial charge in [0.25, 0.3) is 0 Å². The smallest absolute Gasteiger partial charge is 0.164 e. The molecule has 0 N–H and O–H groups in total. The highest BCUT2D eigenvalue weighted by Crippen LogP contribution is 2.46. The Kier molecular flexibility index (Phi) is 6.49. The Morgan fingerprint density at radius 3 is 1.88 bits per heavy atom. The molecule has 0 aliphatic heterocycles. The Balaban J connectivity index is 1.19. The van der Waals surface area contributed by atoms with Crippen LogP contribution in [0.2, 0.25) is 0 Å². The fourth-order valence-electron chi connectivity index (χ4n) is 7.79. The zero-order valence-electron chi connectivity index (χ0n) is 34.8. The lowest BCUT2D eigenvalue weighted by atomic mass is 9.95. The zero-order valence-corrected chi connectivity index (χ0v) is 30.6. The van der Waals surface area contributed by atoms with Crippen LogP contribution in [0, 0.1) is 0 Å². The average molecular weight is 738 g/mol. The van der Waals surface area contributed by atoms with Crippen LogP contribution in [0.4, 0.5) is 0 Å². The fourth-order valence-corrected chi connectivity index (χ4v) is 9.02. The highest BCUT2D eigenvalue weighted by molar-refractivity contribution is 7.26. The number of hydrogen-bond acceptors (Lipinski definition) is 4. The lowest BCUT2D eigenvalue weighted by molar-refractivity contribution is 1.08. The van der Waals surface area contributed by atoms with Crippen molar-refractivity contribution in [1.29, 1.82) is 0 Å². The number of thiophene rings is 1. The van der Waals surface area contributed by atoms with Crippen LogP contribution in [0.3, 0.4) is 0 Å². The summed E-state index contributed by atoms with van der Waals surface area (Å²) in [6.07, 6.45) is 0. The molecule has 0 atom stereocenters. The van der Waals surface area contributed by atoms with E-state index in [0.717, 1.165) is 75.5 Å². The first-order valence-electron chi connectivity index (χ1n) is 20.9. The molecule has 3 heterocycles. The summed E-state index contributed by atoms with van der Waals surface area (Å²) in [4.78, 5) is 15.6. The highest BCUT2D eigenvalue weighted by Gasteiger charge is 2.21. The van der Waals surface area contributed by atoms with Gasteiger partial charge in [-0.1, -0.05) is 152 Å². The molecule has 0 aliphatic carbocycles. The average Bonchev–Trinajstić information content (AvgIpc) is 3.87. The van der Waals surface area contributed by atoms with Gasteiger partial charge in [0, 0.05) is 58.9 Å². The third kappa shape index (κ3) is 5.40. The second kappa shape index (κ2) is 13.3. The van der Waals surface area contributed by atoms with Crippen molar-refractivity contribution in [2.45, 2.75) is 0 Å². The molecule has 8 aromatic carbocycles. The van der Waals surface area contributed by atoms with E-state index in [-0.39, 0.29) is 29.7 Å². The first kappa shape index (κ1) is 27.4. The van der Waals surface area contributed by atoms with E-state index < -0.39 is 6.04 Å². The summed E-state index contributed by atoms with van der Waals surface area (Å²) < 4.78 is 47.4. The summed E-state index contributed by atoms with van der Waals surface area (Å²) >= 11 is 1.52. The minimum absolute atomic E-state index is 0.166. The van der Waals surface area contributed by atoms with Crippen molar-refractivity contribution in [1.82, 2.24) is 19.5 Å². The molecule has 262 valence electrons. The normalized spacial score (nSPS) is 12.8. The van der Waals surface area contributed by atoms with E-state index in [1.54, 1.807) is 0 Å². The van der Waals surface area contributed by atoms with Crippen LogP contribution in [-0.4, -0.2) is 19.5 Å². The summed E-state index contributed by atoms with van der Waals surface area (Å²) in [5, 5.41) is 4.06. The Morgan fingerprint density at radius 1 is 0.429 bits per heavy atom. The molecule has 0 amide bonds. The molecule has 4 nitrogen and oxygen atoms in total. The van der Waals surface area contributed by atoms with Crippen LogP contribution in [0.1, 0.15) is 6.85 Å². The number of hydrogen-bond donors (Lipinski definition) is 0. The van der Waals surface area contributed by atoms with Gasteiger partial charge in [0.1, 0.15) is 0 Å². The Bertz CT molecular complexity index is 3500. The molecule has 3 aromatic heterocycles. The van der Waals surface area contributed by atoms with Crippen molar-refractivity contribution in [2.75, 3.05) is 0 Å². The molecule has 0 fully saturated rings. The minimum Gasteiger partial charge on any atom is -0.309 e. The number of nitrogens with zero attached hydrogens (tertiary/aromatic N) is 4. The molecule has 11 rings (SSSR count). The van der Waals surface area contributed by atoms with Crippen molar-refractivity contribution in [2.24, 2.45) is 0 Å². The van der Waals surface area contributed by atoms with Crippen LogP contribution in [-0.2, 0) is 0 Å². The summed E-state index contributed by atoms with van der Waals surface area (Å²) in [6, 6.07) is 53.5. The lowest BCUT2D eigenvalue weighted by Crippen LogP contribution is -2.00. The topological polar surface area (TPSA) is 43.6 Å². The number of rotatable bonds is 6. The third-order valence-corrected chi connectivity index (χ3v) is 11.5.